The molecular formula is C20H28N6O. The molecule has 1 amide bonds. The summed E-state index contributed by atoms with van der Waals surface area (Å²) in [6.07, 6.45) is 6.42. The lowest BCUT2D eigenvalue weighted by molar-refractivity contribution is 0.0945. The number of rotatable bonds is 6. The molecule has 1 aromatic carbocycles. The highest BCUT2D eigenvalue weighted by Crippen LogP contribution is 2.17. The summed E-state index contributed by atoms with van der Waals surface area (Å²) >= 11 is 0. The fraction of sp³-hybridized carbons (Fsp3) is 0.550. The lowest BCUT2D eigenvalue weighted by Crippen LogP contribution is -2.29. The number of likely N-dealkylation sites (tertiary alicyclic amines) is 1. The van der Waals surface area contributed by atoms with Crippen LogP contribution < -0.4 is 10.6 Å². The molecule has 2 aliphatic heterocycles. The lowest BCUT2D eigenvalue weighted by atomic mass is 10.1. The van der Waals surface area contributed by atoms with Crippen molar-refractivity contribution in [1.82, 2.24) is 30.5 Å². The van der Waals surface area contributed by atoms with Gasteiger partial charge in [-0.05, 0) is 63.0 Å². The molecule has 0 unspecified atom stereocenters. The van der Waals surface area contributed by atoms with Crippen LogP contribution in [0.25, 0.3) is 0 Å². The van der Waals surface area contributed by atoms with E-state index in [9.17, 15) is 4.79 Å². The number of piperidine rings is 1. The smallest absolute Gasteiger partial charge is 0.273 e. The van der Waals surface area contributed by atoms with Crippen molar-refractivity contribution >= 4 is 5.91 Å². The quantitative estimate of drug-likeness (QED) is 0.812. The Hall–Kier alpha value is -2.25. The van der Waals surface area contributed by atoms with E-state index in [0.29, 0.717) is 18.3 Å². The van der Waals surface area contributed by atoms with Crippen molar-refractivity contribution in [3.8, 4) is 0 Å². The zero-order valence-electron chi connectivity index (χ0n) is 15.7. The van der Waals surface area contributed by atoms with Gasteiger partial charge in [0.05, 0.1) is 12.2 Å². The third kappa shape index (κ3) is 4.73. The Labute approximate surface area is 160 Å². The van der Waals surface area contributed by atoms with Crippen molar-refractivity contribution in [2.45, 2.75) is 44.8 Å². The number of aromatic nitrogens is 3. The monoisotopic (exact) mass is 368 g/mol. The van der Waals surface area contributed by atoms with Gasteiger partial charge in [-0.2, -0.15) is 0 Å². The molecule has 4 rings (SSSR count). The SMILES string of the molecule is O=C(NCc1cccc(CN2CCCC2)c1)c1cn(C2CCNCC2)nn1. The molecule has 3 heterocycles. The Kier molecular flexibility index (Phi) is 5.79. The van der Waals surface area contributed by atoms with Crippen LogP contribution in [-0.2, 0) is 13.1 Å². The van der Waals surface area contributed by atoms with E-state index in [0.717, 1.165) is 38.0 Å². The van der Waals surface area contributed by atoms with Crippen molar-refractivity contribution in [2.75, 3.05) is 26.2 Å². The second kappa shape index (κ2) is 8.63. The van der Waals surface area contributed by atoms with Gasteiger partial charge in [0.2, 0.25) is 0 Å². The second-order valence-electron chi connectivity index (χ2n) is 7.55. The van der Waals surface area contributed by atoms with E-state index >= 15 is 0 Å². The molecule has 2 aliphatic rings. The standard InChI is InChI=1S/C20H28N6O/c27-20(19-15-26(24-23-19)18-6-8-21-9-7-18)22-13-16-4-3-5-17(12-16)14-25-10-1-2-11-25/h3-5,12,15,18,21H,1-2,6-11,13-14H2,(H,22,27). The van der Waals surface area contributed by atoms with Crippen LogP contribution in [0.3, 0.4) is 0 Å². The number of amides is 1. The van der Waals surface area contributed by atoms with Crippen LogP contribution in [0.15, 0.2) is 30.5 Å². The van der Waals surface area contributed by atoms with E-state index in [1.54, 1.807) is 6.20 Å². The molecule has 0 bridgehead atoms. The molecule has 0 atom stereocenters. The number of benzene rings is 1. The van der Waals surface area contributed by atoms with E-state index in [2.05, 4.69) is 50.1 Å². The predicted molar refractivity (Wildman–Crippen MR) is 103 cm³/mol. The lowest BCUT2D eigenvalue weighted by Gasteiger charge is -2.22. The highest BCUT2D eigenvalue weighted by molar-refractivity contribution is 5.91. The summed E-state index contributed by atoms with van der Waals surface area (Å²) in [7, 11) is 0. The number of hydrogen-bond acceptors (Lipinski definition) is 5. The molecule has 0 radical (unpaired) electrons. The van der Waals surface area contributed by atoms with E-state index in [1.807, 2.05) is 4.68 Å². The number of hydrogen-bond donors (Lipinski definition) is 2. The molecule has 7 heteroatoms. The van der Waals surface area contributed by atoms with Crippen LogP contribution in [-0.4, -0.2) is 52.0 Å². The first-order chi connectivity index (χ1) is 13.3. The molecule has 27 heavy (non-hydrogen) atoms. The Balaban J connectivity index is 1.31. The van der Waals surface area contributed by atoms with Gasteiger partial charge in [0.25, 0.3) is 5.91 Å². The van der Waals surface area contributed by atoms with Gasteiger partial charge in [0, 0.05) is 13.1 Å². The molecule has 7 nitrogen and oxygen atoms in total. The van der Waals surface area contributed by atoms with Crippen LogP contribution in [0.2, 0.25) is 0 Å². The predicted octanol–water partition coefficient (Wildman–Crippen LogP) is 1.73. The highest BCUT2D eigenvalue weighted by Gasteiger charge is 2.18. The molecule has 2 fully saturated rings. The summed E-state index contributed by atoms with van der Waals surface area (Å²) < 4.78 is 1.84. The fourth-order valence-electron chi connectivity index (χ4n) is 3.94. The molecule has 144 valence electrons. The molecule has 2 N–H and O–H groups in total. The first-order valence-electron chi connectivity index (χ1n) is 9.99. The molecule has 0 saturated carbocycles. The largest absolute Gasteiger partial charge is 0.347 e. The Morgan fingerprint density at radius 3 is 2.78 bits per heavy atom. The Morgan fingerprint density at radius 2 is 1.96 bits per heavy atom. The van der Waals surface area contributed by atoms with E-state index in [1.165, 1.54) is 31.5 Å². The van der Waals surface area contributed by atoms with Crippen LogP contribution in [0, 0.1) is 0 Å². The Morgan fingerprint density at radius 1 is 1.19 bits per heavy atom. The maximum Gasteiger partial charge on any atom is 0.273 e. The second-order valence-corrected chi connectivity index (χ2v) is 7.55. The van der Waals surface area contributed by atoms with Crippen molar-refractivity contribution in [3.05, 3.63) is 47.3 Å². The zero-order chi connectivity index (χ0) is 18.5. The Bertz CT molecular complexity index is 761. The van der Waals surface area contributed by atoms with Gasteiger partial charge in [-0.3, -0.25) is 9.69 Å². The minimum Gasteiger partial charge on any atom is -0.347 e. The summed E-state index contributed by atoms with van der Waals surface area (Å²) in [5, 5.41) is 14.5. The van der Waals surface area contributed by atoms with Crippen LogP contribution in [0.1, 0.15) is 53.3 Å². The summed E-state index contributed by atoms with van der Waals surface area (Å²) in [4.78, 5) is 14.9. The average Bonchev–Trinajstić information content (AvgIpc) is 3.39. The van der Waals surface area contributed by atoms with Gasteiger partial charge in [-0.1, -0.05) is 29.5 Å². The maximum atomic E-state index is 12.4. The first kappa shape index (κ1) is 18.1. The van der Waals surface area contributed by atoms with Crippen LogP contribution >= 0.6 is 0 Å². The normalized spacial score (nSPS) is 18.7. The molecule has 2 saturated heterocycles. The van der Waals surface area contributed by atoms with Crippen molar-refractivity contribution < 1.29 is 4.79 Å². The van der Waals surface area contributed by atoms with Gasteiger partial charge in [-0.25, -0.2) is 4.68 Å². The van der Waals surface area contributed by atoms with Crippen LogP contribution in [0.4, 0.5) is 0 Å². The summed E-state index contributed by atoms with van der Waals surface area (Å²) in [5.74, 6) is -0.167. The minimum absolute atomic E-state index is 0.167. The van der Waals surface area contributed by atoms with Gasteiger partial charge < -0.3 is 10.6 Å². The molecule has 0 aliphatic carbocycles. The summed E-state index contributed by atoms with van der Waals surface area (Å²) in [6, 6.07) is 8.81. The third-order valence-corrected chi connectivity index (χ3v) is 5.48. The average molecular weight is 368 g/mol. The third-order valence-electron chi connectivity index (χ3n) is 5.48. The highest BCUT2D eigenvalue weighted by atomic mass is 16.2. The molecular weight excluding hydrogens is 340 g/mol. The fourth-order valence-corrected chi connectivity index (χ4v) is 3.94. The molecule has 1 aromatic heterocycles. The van der Waals surface area contributed by atoms with Gasteiger partial charge >= 0.3 is 0 Å². The number of carbonyl (C=O) groups is 1. The molecule has 2 aromatic rings. The number of carbonyl (C=O) groups excluding carboxylic acids is 1. The summed E-state index contributed by atoms with van der Waals surface area (Å²) in [6.45, 7) is 5.85. The topological polar surface area (TPSA) is 75.1 Å². The van der Waals surface area contributed by atoms with Crippen molar-refractivity contribution in [3.63, 3.8) is 0 Å². The minimum atomic E-state index is -0.167. The summed E-state index contributed by atoms with van der Waals surface area (Å²) in [5.41, 5.74) is 2.81. The number of nitrogens with one attached hydrogen (secondary N) is 2. The molecule has 0 spiro atoms. The zero-order valence-corrected chi connectivity index (χ0v) is 15.7. The van der Waals surface area contributed by atoms with Gasteiger partial charge in [0.15, 0.2) is 5.69 Å². The van der Waals surface area contributed by atoms with Gasteiger partial charge in [0.1, 0.15) is 0 Å². The van der Waals surface area contributed by atoms with E-state index < -0.39 is 0 Å². The van der Waals surface area contributed by atoms with E-state index in [4.69, 9.17) is 0 Å². The number of nitrogens with zero attached hydrogens (tertiary/aromatic N) is 4. The van der Waals surface area contributed by atoms with Crippen molar-refractivity contribution in [2.24, 2.45) is 0 Å². The van der Waals surface area contributed by atoms with Crippen LogP contribution in [0.5, 0.6) is 0 Å². The van der Waals surface area contributed by atoms with E-state index in [-0.39, 0.29) is 5.91 Å². The first-order valence-corrected chi connectivity index (χ1v) is 9.99. The van der Waals surface area contributed by atoms with Crippen molar-refractivity contribution in [1.29, 1.82) is 0 Å². The maximum absolute atomic E-state index is 12.4. The van der Waals surface area contributed by atoms with Gasteiger partial charge in [-0.15, -0.1) is 5.10 Å².